The number of rotatable bonds is 4. The van der Waals surface area contributed by atoms with Gasteiger partial charge in [0, 0.05) is 26.6 Å². The van der Waals surface area contributed by atoms with E-state index in [9.17, 15) is 0 Å². The average molecular weight is 262 g/mol. The van der Waals surface area contributed by atoms with Gasteiger partial charge in [-0.3, -0.25) is 4.99 Å². The van der Waals surface area contributed by atoms with Crippen LogP contribution in [0, 0.1) is 5.92 Å². The normalized spacial score (nSPS) is 19.1. The summed E-state index contributed by atoms with van der Waals surface area (Å²) in [5.74, 6) is 3.85. The minimum atomic E-state index is 0.692. The third kappa shape index (κ3) is 3.05. The van der Waals surface area contributed by atoms with E-state index in [1.165, 1.54) is 25.7 Å². The molecule has 1 aliphatic heterocycles. The third-order valence-corrected chi connectivity index (χ3v) is 3.83. The Kier molecular flexibility index (Phi) is 3.66. The number of guanidine groups is 1. The van der Waals surface area contributed by atoms with Gasteiger partial charge in [0.05, 0.1) is 6.54 Å². The van der Waals surface area contributed by atoms with E-state index in [2.05, 4.69) is 30.4 Å². The van der Waals surface area contributed by atoms with Crippen LogP contribution < -0.4 is 10.6 Å². The smallest absolute Gasteiger partial charge is 0.191 e. The van der Waals surface area contributed by atoms with Crippen molar-refractivity contribution in [2.24, 2.45) is 10.9 Å². The van der Waals surface area contributed by atoms with Gasteiger partial charge in [0.25, 0.3) is 0 Å². The molecular formula is C13H22N6. The molecule has 1 aromatic heterocycles. The molecule has 1 fully saturated rings. The fourth-order valence-corrected chi connectivity index (χ4v) is 2.45. The molecule has 0 bridgehead atoms. The standard InChI is InChI=1S/C13H22N6/c1-14-13(15-8-10-5-6-10)16-9-12-18-17-11-4-2-3-7-19(11)12/h10H,2-9H2,1H3,(H2,14,15,16). The van der Waals surface area contributed by atoms with Gasteiger partial charge in [-0.05, 0) is 31.6 Å². The summed E-state index contributed by atoms with van der Waals surface area (Å²) < 4.78 is 2.24. The highest BCUT2D eigenvalue weighted by Crippen LogP contribution is 2.27. The molecule has 1 saturated carbocycles. The molecule has 2 heterocycles. The molecule has 2 N–H and O–H groups in total. The fourth-order valence-electron chi connectivity index (χ4n) is 2.45. The summed E-state index contributed by atoms with van der Waals surface area (Å²) in [5, 5.41) is 15.2. The number of aryl methyl sites for hydroxylation is 1. The van der Waals surface area contributed by atoms with E-state index in [1.807, 2.05) is 7.05 Å². The van der Waals surface area contributed by atoms with Gasteiger partial charge in [-0.1, -0.05) is 0 Å². The Bertz CT molecular complexity index is 460. The van der Waals surface area contributed by atoms with Gasteiger partial charge >= 0.3 is 0 Å². The number of hydrogen-bond acceptors (Lipinski definition) is 3. The lowest BCUT2D eigenvalue weighted by atomic mass is 10.2. The average Bonchev–Trinajstić information content (AvgIpc) is 3.19. The molecule has 3 rings (SSSR count). The number of aromatic nitrogens is 3. The van der Waals surface area contributed by atoms with Crippen molar-refractivity contribution in [3.63, 3.8) is 0 Å². The molecule has 0 unspecified atom stereocenters. The minimum Gasteiger partial charge on any atom is -0.356 e. The third-order valence-electron chi connectivity index (χ3n) is 3.83. The summed E-state index contributed by atoms with van der Waals surface area (Å²) in [7, 11) is 1.81. The Morgan fingerprint density at radius 2 is 2.21 bits per heavy atom. The van der Waals surface area contributed by atoms with Crippen molar-refractivity contribution in [2.75, 3.05) is 13.6 Å². The first kappa shape index (κ1) is 12.4. The van der Waals surface area contributed by atoms with Gasteiger partial charge in [-0.25, -0.2) is 0 Å². The summed E-state index contributed by atoms with van der Waals surface area (Å²) in [6.45, 7) is 2.77. The molecule has 2 aliphatic rings. The van der Waals surface area contributed by atoms with Crippen LogP contribution >= 0.6 is 0 Å². The van der Waals surface area contributed by atoms with Gasteiger partial charge in [-0.15, -0.1) is 10.2 Å². The molecule has 0 radical (unpaired) electrons. The molecule has 0 atom stereocenters. The first-order chi connectivity index (χ1) is 9.36. The maximum absolute atomic E-state index is 4.28. The summed E-state index contributed by atoms with van der Waals surface area (Å²) in [4.78, 5) is 4.24. The lowest BCUT2D eigenvalue weighted by Gasteiger charge is -2.16. The van der Waals surface area contributed by atoms with Gasteiger partial charge < -0.3 is 15.2 Å². The Labute approximate surface area is 113 Å². The number of aliphatic imine (C=N–C) groups is 1. The van der Waals surface area contributed by atoms with Crippen molar-refractivity contribution < 1.29 is 0 Å². The highest BCUT2D eigenvalue weighted by molar-refractivity contribution is 5.79. The largest absolute Gasteiger partial charge is 0.356 e. The summed E-state index contributed by atoms with van der Waals surface area (Å²) >= 11 is 0. The van der Waals surface area contributed by atoms with Crippen LogP contribution in [0.3, 0.4) is 0 Å². The lowest BCUT2D eigenvalue weighted by Crippen LogP contribution is -2.38. The maximum Gasteiger partial charge on any atom is 0.191 e. The van der Waals surface area contributed by atoms with Gasteiger partial charge in [0.1, 0.15) is 5.82 Å². The molecule has 6 heteroatoms. The zero-order valence-corrected chi connectivity index (χ0v) is 11.5. The van der Waals surface area contributed by atoms with Gasteiger partial charge in [0.15, 0.2) is 11.8 Å². The summed E-state index contributed by atoms with van der Waals surface area (Å²) in [6, 6.07) is 0. The second-order valence-electron chi connectivity index (χ2n) is 5.39. The van der Waals surface area contributed by atoms with Crippen LogP contribution in [0.4, 0.5) is 0 Å². The summed E-state index contributed by atoms with van der Waals surface area (Å²) in [5.41, 5.74) is 0. The number of hydrogen-bond donors (Lipinski definition) is 2. The van der Waals surface area contributed by atoms with Gasteiger partial charge in [-0.2, -0.15) is 0 Å². The SMILES string of the molecule is CN=C(NCc1nnc2n1CCCC2)NCC1CC1. The van der Waals surface area contributed by atoms with Crippen molar-refractivity contribution in [1.82, 2.24) is 25.4 Å². The van der Waals surface area contributed by atoms with Crippen LogP contribution in [0.15, 0.2) is 4.99 Å². The predicted octanol–water partition coefficient (Wildman–Crippen LogP) is 0.689. The molecule has 104 valence electrons. The van der Waals surface area contributed by atoms with E-state index in [4.69, 9.17) is 0 Å². The monoisotopic (exact) mass is 262 g/mol. The van der Waals surface area contributed by atoms with Crippen LogP contribution in [0.2, 0.25) is 0 Å². The zero-order valence-electron chi connectivity index (χ0n) is 11.5. The van der Waals surface area contributed by atoms with E-state index in [1.54, 1.807) is 0 Å². The van der Waals surface area contributed by atoms with Crippen molar-refractivity contribution >= 4 is 5.96 Å². The second kappa shape index (κ2) is 5.59. The molecule has 1 aromatic rings. The highest BCUT2D eigenvalue weighted by Gasteiger charge is 2.21. The molecule has 0 spiro atoms. The molecule has 19 heavy (non-hydrogen) atoms. The fraction of sp³-hybridized carbons (Fsp3) is 0.769. The van der Waals surface area contributed by atoms with Crippen LogP contribution in [0.5, 0.6) is 0 Å². The first-order valence-electron chi connectivity index (χ1n) is 7.22. The number of nitrogens with one attached hydrogen (secondary N) is 2. The molecule has 1 aliphatic carbocycles. The predicted molar refractivity (Wildman–Crippen MR) is 73.9 cm³/mol. The topological polar surface area (TPSA) is 67.1 Å². The van der Waals surface area contributed by atoms with E-state index in [0.29, 0.717) is 6.54 Å². The van der Waals surface area contributed by atoms with E-state index in [0.717, 1.165) is 43.0 Å². The number of nitrogens with zero attached hydrogens (tertiary/aromatic N) is 4. The molecule has 0 saturated heterocycles. The molecule has 0 aromatic carbocycles. The maximum atomic E-state index is 4.28. The Hall–Kier alpha value is -1.59. The minimum absolute atomic E-state index is 0.692. The lowest BCUT2D eigenvalue weighted by molar-refractivity contribution is 0.504. The molecule has 6 nitrogen and oxygen atoms in total. The van der Waals surface area contributed by atoms with Crippen molar-refractivity contribution in [1.29, 1.82) is 0 Å². The molecule has 0 amide bonds. The zero-order chi connectivity index (χ0) is 13.1. The van der Waals surface area contributed by atoms with Gasteiger partial charge in [0.2, 0.25) is 0 Å². The Balaban J connectivity index is 1.54. The van der Waals surface area contributed by atoms with Crippen LogP contribution in [0.1, 0.15) is 37.3 Å². The summed E-state index contributed by atoms with van der Waals surface area (Å²) in [6.07, 6.45) is 6.22. The molecular weight excluding hydrogens is 240 g/mol. The van der Waals surface area contributed by atoms with Crippen molar-refractivity contribution in [2.45, 2.75) is 45.2 Å². The van der Waals surface area contributed by atoms with Crippen molar-refractivity contribution in [3.8, 4) is 0 Å². The van der Waals surface area contributed by atoms with Crippen LogP contribution in [-0.2, 0) is 19.5 Å². The van der Waals surface area contributed by atoms with Crippen LogP contribution in [-0.4, -0.2) is 34.3 Å². The quantitative estimate of drug-likeness (QED) is 0.619. The Morgan fingerprint density at radius 1 is 1.32 bits per heavy atom. The number of fused-ring (bicyclic) bond motifs is 1. The first-order valence-corrected chi connectivity index (χ1v) is 7.22. The second-order valence-corrected chi connectivity index (χ2v) is 5.39. The van der Waals surface area contributed by atoms with Crippen molar-refractivity contribution in [3.05, 3.63) is 11.6 Å². The van der Waals surface area contributed by atoms with E-state index < -0.39 is 0 Å². The van der Waals surface area contributed by atoms with E-state index in [-0.39, 0.29) is 0 Å². The Morgan fingerprint density at radius 3 is 3.00 bits per heavy atom. The van der Waals surface area contributed by atoms with Crippen LogP contribution in [0.25, 0.3) is 0 Å². The highest BCUT2D eigenvalue weighted by atomic mass is 15.3. The van der Waals surface area contributed by atoms with E-state index >= 15 is 0 Å².